The Kier molecular flexibility index (Phi) is 25.0. The number of amides is 2. The largest absolute Gasteiger partial charge is 0.481 e. The van der Waals surface area contributed by atoms with Crippen LogP contribution < -0.4 is 10.6 Å². The number of ether oxygens (including phenoxy) is 1. The van der Waals surface area contributed by atoms with Gasteiger partial charge in [0.25, 0.3) is 0 Å². The number of aliphatic carboxylic acids is 1. The molecule has 0 aliphatic heterocycles. The Morgan fingerprint density at radius 1 is 0.683 bits per heavy atom. The monoisotopic (exact) mass is 568 g/mol. The minimum atomic E-state index is -0.989. The summed E-state index contributed by atoms with van der Waals surface area (Å²) in [7, 11) is 1.20. The van der Waals surface area contributed by atoms with Gasteiger partial charge in [0.1, 0.15) is 0 Å². The summed E-state index contributed by atoms with van der Waals surface area (Å²) in [5, 5.41) is 14.6. The number of carboxylic acid groups (broad SMARTS) is 1. The molecule has 1 atom stereocenters. The van der Waals surface area contributed by atoms with Crippen LogP contribution >= 0.6 is 0 Å². The van der Waals surface area contributed by atoms with Crippen LogP contribution in [0.3, 0.4) is 0 Å². The van der Waals surface area contributed by atoms with Gasteiger partial charge < -0.3 is 20.5 Å². The maximum atomic E-state index is 12.0. The van der Waals surface area contributed by atoms with Gasteiger partial charge in [-0.05, 0) is 57.8 Å². The molecule has 0 spiro atoms. The molecule has 0 aromatic rings. The van der Waals surface area contributed by atoms with Crippen molar-refractivity contribution in [3.63, 3.8) is 0 Å². The zero-order chi connectivity index (χ0) is 30.4. The number of nitrogens with one attached hydrogen (secondary N) is 2. The van der Waals surface area contributed by atoms with Crippen molar-refractivity contribution >= 4 is 23.8 Å². The van der Waals surface area contributed by atoms with Gasteiger partial charge in [0.15, 0.2) is 0 Å². The summed E-state index contributed by atoms with van der Waals surface area (Å²) in [6, 6.07) is 0. The molecule has 8 nitrogen and oxygen atoms in total. The zero-order valence-corrected chi connectivity index (χ0v) is 24.6. The molecule has 0 saturated carbocycles. The van der Waals surface area contributed by atoms with E-state index < -0.39 is 23.8 Å². The number of hydrogen-bond acceptors (Lipinski definition) is 5. The van der Waals surface area contributed by atoms with E-state index in [2.05, 4.69) is 83.1 Å². The highest BCUT2D eigenvalue weighted by Crippen LogP contribution is 2.08. The third-order valence-corrected chi connectivity index (χ3v) is 5.66. The van der Waals surface area contributed by atoms with Crippen LogP contribution in [-0.4, -0.2) is 49.1 Å². The van der Waals surface area contributed by atoms with E-state index in [1.807, 2.05) is 12.2 Å². The summed E-state index contributed by atoms with van der Waals surface area (Å²) in [5.74, 6) is -2.99. The van der Waals surface area contributed by atoms with Gasteiger partial charge in [0.05, 0.1) is 13.0 Å². The maximum absolute atomic E-state index is 12.0. The summed E-state index contributed by atoms with van der Waals surface area (Å²) >= 11 is 0. The molecule has 226 valence electrons. The van der Waals surface area contributed by atoms with Gasteiger partial charge in [-0.2, -0.15) is 0 Å². The molecule has 0 aliphatic carbocycles. The number of rotatable bonds is 23. The van der Waals surface area contributed by atoms with Gasteiger partial charge in [-0.15, -0.1) is 0 Å². The van der Waals surface area contributed by atoms with Crippen molar-refractivity contribution < 1.29 is 29.0 Å². The molecular weight excluding hydrogens is 520 g/mol. The number of carboxylic acids is 1. The lowest BCUT2D eigenvalue weighted by Crippen LogP contribution is -2.30. The van der Waals surface area contributed by atoms with E-state index >= 15 is 0 Å². The van der Waals surface area contributed by atoms with E-state index in [4.69, 9.17) is 0 Å². The Balaban J connectivity index is 3.91. The molecule has 0 saturated heterocycles. The number of carbonyl (C=O) groups excluding carboxylic acids is 3. The first kappa shape index (κ1) is 37.1. The van der Waals surface area contributed by atoms with Gasteiger partial charge in [-0.3, -0.25) is 14.4 Å². The number of methoxy groups -OCH3 is 1. The molecule has 8 heteroatoms. The van der Waals surface area contributed by atoms with Crippen LogP contribution in [0.2, 0.25) is 0 Å². The average molecular weight is 569 g/mol. The van der Waals surface area contributed by atoms with Crippen molar-refractivity contribution in [1.82, 2.24) is 10.6 Å². The molecule has 0 aliphatic rings. The van der Waals surface area contributed by atoms with Crippen LogP contribution in [0, 0.1) is 5.92 Å². The summed E-state index contributed by atoms with van der Waals surface area (Å²) in [6.45, 7) is 2.52. The Labute approximate surface area is 245 Å². The fourth-order valence-corrected chi connectivity index (χ4v) is 3.36. The summed E-state index contributed by atoms with van der Waals surface area (Å²) in [5.41, 5.74) is 0. The highest BCUT2D eigenvalue weighted by Gasteiger charge is 2.17. The Morgan fingerprint density at radius 2 is 1.15 bits per heavy atom. The van der Waals surface area contributed by atoms with Gasteiger partial charge in [0.2, 0.25) is 11.8 Å². The van der Waals surface area contributed by atoms with E-state index in [-0.39, 0.29) is 31.8 Å². The highest BCUT2D eigenvalue weighted by molar-refractivity contribution is 5.94. The molecule has 2 amide bonds. The van der Waals surface area contributed by atoms with Crippen LogP contribution in [0.4, 0.5) is 0 Å². The molecule has 0 aromatic carbocycles. The van der Waals surface area contributed by atoms with Crippen molar-refractivity contribution in [3.05, 3.63) is 85.1 Å². The summed E-state index contributed by atoms with van der Waals surface area (Å²) in [6.07, 6.45) is 34.7. The Morgan fingerprint density at radius 3 is 1.61 bits per heavy atom. The summed E-state index contributed by atoms with van der Waals surface area (Å²) in [4.78, 5) is 46.0. The van der Waals surface area contributed by atoms with Gasteiger partial charge >= 0.3 is 11.9 Å². The smallest absolute Gasteiger partial charge is 0.330 e. The van der Waals surface area contributed by atoms with Gasteiger partial charge in [-0.25, -0.2) is 4.79 Å². The van der Waals surface area contributed by atoms with Crippen LogP contribution in [0.25, 0.3) is 0 Å². The number of allylic oxidation sites excluding steroid dienone is 12. The zero-order valence-electron chi connectivity index (χ0n) is 24.6. The molecule has 41 heavy (non-hydrogen) atoms. The van der Waals surface area contributed by atoms with Crippen molar-refractivity contribution in [3.8, 4) is 0 Å². The lowest BCUT2D eigenvalue weighted by atomic mass is 10.0. The predicted molar refractivity (Wildman–Crippen MR) is 165 cm³/mol. The van der Waals surface area contributed by atoms with Gasteiger partial charge in [0, 0.05) is 31.7 Å². The maximum Gasteiger partial charge on any atom is 0.330 e. The van der Waals surface area contributed by atoms with E-state index in [0.717, 1.165) is 50.7 Å². The molecule has 0 aromatic heterocycles. The molecule has 3 N–H and O–H groups in total. The van der Waals surface area contributed by atoms with Crippen molar-refractivity contribution in [2.24, 2.45) is 5.92 Å². The Bertz CT molecular complexity index is 957. The number of carbonyl (C=O) groups is 4. The van der Waals surface area contributed by atoms with E-state index in [1.165, 1.54) is 7.11 Å². The molecule has 0 fully saturated rings. The van der Waals surface area contributed by atoms with Crippen LogP contribution in [-0.2, 0) is 23.9 Å². The quantitative estimate of drug-likeness (QED) is 0.0801. The topological polar surface area (TPSA) is 122 Å². The van der Waals surface area contributed by atoms with E-state index in [9.17, 15) is 24.3 Å². The molecular formula is C33H48N2O6. The molecule has 0 radical (unpaired) electrons. The van der Waals surface area contributed by atoms with Crippen LogP contribution in [0.1, 0.15) is 71.1 Å². The highest BCUT2D eigenvalue weighted by atomic mass is 16.5. The second-order valence-electron chi connectivity index (χ2n) is 9.06. The van der Waals surface area contributed by atoms with Gasteiger partial charge in [-0.1, -0.05) is 79.8 Å². The average Bonchev–Trinajstić information content (AvgIpc) is 2.96. The lowest BCUT2D eigenvalue weighted by molar-refractivity contribution is -0.142. The van der Waals surface area contributed by atoms with Crippen molar-refractivity contribution in [2.45, 2.75) is 71.1 Å². The molecule has 0 rings (SSSR count). The van der Waals surface area contributed by atoms with Crippen molar-refractivity contribution in [2.75, 3.05) is 20.2 Å². The number of hydrogen-bond donors (Lipinski definition) is 3. The normalized spacial score (nSPS) is 13.0. The second-order valence-corrected chi connectivity index (χ2v) is 9.06. The minimum Gasteiger partial charge on any atom is -0.481 e. The fourth-order valence-electron chi connectivity index (χ4n) is 3.36. The van der Waals surface area contributed by atoms with Crippen LogP contribution in [0.15, 0.2) is 85.1 Å². The third-order valence-electron chi connectivity index (χ3n) is 5.66. The first-order valence-electron chi connectivity index (χ1n) is 14.3. The van der Waals surface area contributed by atoms with E-state index in [1.54, 1.807) is 0 Å². The van der Waals surface area contributed by atoms with Crippen LogP contribution in [0.5, 0.6) is 0 Å². The predicted octanol–water partition coefficient (Wildman–Crippen LogP) is 5.91. The Hall–Kier alpha value is -3.94. The van der Waals surface area contributed by atoms with Crippen molar-refractivity contribution in [1.29, 1.82) is 0 Å². The standard InChI is InChI=1S/C33H48N2O6/c1-3-4-5-6-7-8-9-10-11-12-13-14-15-16-17-18-19-20-21-22-30(36)34-27-25-29(33(39)40)26-28-35-31(37)23-24-32(38)41-2/h4-5,7-8,10-11,13-14,16-17,19-20,23-24,29H,3,6,9,12,15,18,21-22,25-28H2,1-2H3,(H,34,36)(H,35,37)(H,39,40)/b5-4-,8-7-,11-10-,14-13-,17-16-,20-19-,24-23+. The molecule has 1 unspecified atom stereocenters. The van der Waals surface area contributed by atoms with E-state index in [0.29, 0.717) is 12.8 Å². The summed E-state index contributed by atoms with van der Waals surface area (Å²) < 4.78 is 4.39. The number of esters is 1. The SMILES string of the molecule is CC/C=C\C/C=C\C/C=C\C/C=C\C/C=C\C/C=C\CCC(=O)NCCC(CCNC(=O)/C=C/C(=O)OC)C(=O)O. The minimum absolute atomic E-state index is 0.130. The first-order valence-corrected chi connectivity index (χ1v) is 14.3. The molecule has 0 heterocycles. The second kappa shape index (κ2) is 27.6. The molecule has 0 bridgehead atoms. The first-order chi connectivity index (χ1) is 19.9. The lowest BCUT2D eigenvalue weighted by Gasteiger charge is -2.13. The fraction of sp³-hybridized carbons (Fsp3) is 0.455. The third kappa shape index (κ3) is 26.1.